The number of hydrogen-bond donors (Lipinski definition) is 1. The van der Waals surface area contributed by atoms with Gasteiger partial charge in [-0.05, 0) is 37.6 Å². The molecule has 0 bridgehead atoms. The van der Waals surface area contributed by atoms with Gasteiger partial charge in [0.25, 0.3) is 0 Å². The molecule has 1 aromatic rings. The van der Waals surface area contributed by atoms with Gasteiger partial charge in [0, 0.05) is 24.2 Å². The summed E-state index contributed by atoms with van der Waals surface area (Å²) < 4.78 is 9.88. The molecule has 0 fully saturated rings. The van der Waals surface area contributed by atoms with Gasteiger partial charge in [-0.25, -0.2) is 0 Å². The van der Waals surface area contributed by atoms with Gasteiger partial charge in [0.05, 0.1) is 25.7 Å². The molecule has 1 rings (SSSR count). The zero-order valence-electron chi connectivity index (χ0n) is 13.1. The maximum Gasteiger partial charge on any atom is 0.307 e. The summed E-state index contributed by atoms with van der Waals surface area (Å²) in [4.78, 5) is 24.3. The number of rotatable bonds is 9. The van der Waals surface area contributed by atoms with Crippen LogP contribution in [-0.4, -0.2) is 44.7 Å². The Labute approximate surface area is 135 Å². The van der Waals surface area contributed by atoms with E-state index in [1.165, 1.54) is 0 Å². The summed E-state index contributed by atoms with van der Waals surface area (Å²) in [5.74, 6) is -0.569. The molecule has 1 atom stereocenters. The monoisotopic (exact) mass is 327 g/mol. The third kappa shape index (κ3) is 5.75. The maximum atomic E-state index is 12.6. The summed E-state index contributed by atoms with van der Waals surface area (Å²) in [6.07, 6.45) is -0.0158. The van der Waals surface area contributed by atoms with Crippen molar-refractivity contribution in [2.45, 2.75) is 26.3 Å². The lowest BCUT2D eigenvalue weighted by Crippen LogP contribution is -2.40. The zero-order valence-corrected chi connectivity index (χ0v) is 13.9. The van der Waals surface area contributed by atoms with Crippen LogP contribution in [0.25, 0.3) is 0 Å². The highest BCUT2D eigenvalue weighted by atomic mass is 35.5. The number of benzene rings is 1. The van der Waals surface area contributed by atoms with E-state index in [0.717, 1.165) is 5.56 Å². The SMILES string of the molecule is CCOC(=O)CC(NCCOC)C(=O)c1ccc(Cl)c(C)c1. The Morgan fingerprint density at radius 3 is 2.68 bits per heavy atom. The van der Waals surface area contributed by atoms with Crippen molar-refractivity contribution in [3.8, 4) is 0 Å². The molecule has 0 saturated heterocycles. The number of aryl methyl sites for hydroxylation is 1. The Morgan fingerprint density at radius 2 is 2.09 bits per heavy atom. The second-order valence-electron chi connectivity index (χ2n) is 4.84. The van der Waals surface area contributed by atoms with Gasteiger partial charge in [-0.3, -0.25) is 9.59 Å². The summed E-state index contributed by atoms with van der Waals surface area (Å²) in [7, 11) is 1.58. The van der Waals surface area contributed by atoms with E-state index in [4.69, 9.17) is 21.1 Å². The topological polar surface area (TPSA) is 64.6 Å². The Kier molecular flexibility index (Phi) is 8.09. The first-order chi connectivity index (χ1) is 10.5. The largest absolute Gasteiger partial charge is 0.466 e. The average Bonchev–Trinajstić information content (AvgIpc) is 2.49. The minimum Gasteiger partial charge on any atom is -0.466 e. The van der Waals surface area contributed by atoms with Crippen LogP contribution in [0.1, 0.15) is 29.3 Å². The number of carbonyl (C=O) groups is 2. The van der Waals surface area contributed by atoms with Gasteiger partial charge in [0.2, 0.25) is 0 Å². The van der Waals surface area contributed by atoms with Crippen LogP contribution in [0.4, 0.5) is 0 Å². The van der Waals surface area contributed by atoms with Gasteiger partial charge in [-0.15, -0.1) is 0 Å². The van der Waals surface area contributed by atoms with Gasteiger partial charge < -0.3 is 14.8 Å². The Bertz CT molecular complexity index is 519. The Hall–Kier alpha value is -1.43. The fraction of sp³-hybridized carbons (Fsp3) is 0.500. The highest BCUT2D eigenvalue weighted by Gasteiger charge is 2.23. The van der Waals surface area contributed by atoms with Crippen LogP contribution >= 0.6 is 11.6 Å². The molecule has 1 unspecified atom stereocenters. The van der Waals surface area contributed by atoms with Crippen molar-refractivity contribution < 1.29 is 19.1 Å². The highest BCUT2D eigenvalue weighted by molar-refractivity contribution is 6.31. The third-order valence-corrected chi connectivity index (χ3v) is 3.56. The van der Waals surface area contributed by atoms with Gasteiger partial charge in [0.1, 0.15) is 0 Å². The first-order valence-electron chi connectivity index (χ1n) is 7.17. The molecular formula is C16H22ClNO4. The number of methoxy groups -OCH3 is 1. The number of nitrogens with one attached hydrogen (secondary N) is 1. The van der Waals surface area contributed by atoms with E-state index in [0.29, 0.717) is 23.7 Å². The van der Waals surface area contributed by atoms with E-state index < -0.39 is 12.0 Å². The second-order valence-corrected chi connectivity index (χ2v) is 5.24. The van der Waals surface area contributed by atoms with E-state index in [1.54, 1.807) is 32.2 Å². The summed E-state index contributed by atoms with van der Waals surface area (Å²) in [6, 6.07) is 4.42. The minimum atomic E-state index is -0.644. The first-order valence-corrected chi connectivity index (χ1v) is 7.55. The number of halogens is 1. The molecule has 0 heterocycles. The van der Waals surface area contributed by atoms with Crippen molar-refractivity contribution in [3.05, 3.63) is 34.3 Å². The van der Waals surface area contributed by atoms with Crippen LogP contribution in [0.2, 0.25) is 5.02 Å². The highest BCUT2D eigenvalue weighted by Crippen LogP contribution is 2.18. The second kappa shape index (κ2) is 9.56. The van der Waals surface area contributed by atoms with E-state index >= 15 is 0 Å². The fourth-order valence-electron chi connectivity index (χ4n) is 1.98. The average molecular weight is 328 g/mol. The first kappa shape index (κ1) is 18.6. The predicted octanol–water partition coefficient (Wildman–Crippen LogP) is 2.39. The molecular weight excluding hydrogens is 306 g/mol. The number of esters is 1. The summed E-state index contributed by atoms with van der Waals surface area (Å²) >= 11 is 5.98. The normalized spacial score (nSPS) is 12.0. The van der Waals surface area contributed by atoms with Gasteiger partial charge in [-0.2, -0.15) is 0 Å². The lowest BCUT2D eigenvalue weighted by atomic mass is 10.00. The molecule has 0 saturated carbocycles. The van der Waals surface area contributed by atoms with Crippen molar-refractivity contribution in [2.75, 3.05) is 26.9 Å². The third-order valence-electron chi connectivity index (χ3n) is 3.13. The zero-order chi connectivity index (χ0) is 16.5. The van der Waals surface area contributed by atoms with E-state index in [2.05, 4.69) is 5.32 Å². The van der Waals surface area contributed by atoms with Crippen molar-refractivity contribution in [1.29, 1.82) is 0 Å². The molecule has 6 heteroatoms. The molecule has 0 amide bonds. The molecule has 1 aromatic carbocycles. The van der Waals surface area contributed by atoms with Crippen LogP contribution in [0.15, 0.2) is 18.2 Å². The molecule has 5 nitrogen and oxygen atoms in total. The summed E-state index contributed by atoms with van der Waals surface area (Å²) in [5, 5.41) is 3.64. The van der Waals surface area contributed by atoms with Crippen LogP contribution in [0, 0.1) is 6.92 Å². The quantitative estimate of drug-likeness (QED) is 0.428. The lowest BCUT2D eigenvalue weighted by molar-refractivity contribution is -0.143. The molecule has 22 heavy (non-hydrogen) atoms. The molecule has 1 N–H and O–H groups in total. The molecule has 0 radical (unpaired) electrons. The summed E-state index contributed by atoms with van der Waals surface area (Å²) in [6.45, 7) is 4.77. The van der Waals surface area contributed by atoms with E-state index in [9.17, 15) is 9.59 Å². The van der Waals surface area contributed by atoms with Crippen molar-refractivity contribution in [1.82, 2.24) is 5.32 Å². The van der Waals surface area contributed by atoms with E-state index in [1.807, 2.05) is 6.92 Å². The van der Waals surface area contributed by atoms with Gasteiger partial charge in [-0.1, -0.05) is 11.6 Å². The summed E-state index contributed by atoms with van der Waals surface area (Å²) in [5.41, 5.74) is 1.33. The number of ether oxygens (including phenoxy) is 2. The Balaban J connectivity index is 2.84. The van der Waals surface area contributed by atoms with Crippen LogP contribution in [0.5, 0.6) is 0 Å². The number of ketones is 1. The minimum absolute atomic E-state index is 0.0158. The fourth-order valence-corrected chi connectivity index (χ4v) is 2.10. The maximum absolute atomic E-state index is 12.6. The smallest absolute Gasteiger partial charge is 0.307 e. The van der Waals surface area contributed by atoms with Crippen LogP contribution in [-0.2, 0) is 14.3 Å². The Morgan fingerprint density at radius 1 is 1.36 bits per heavy atom. The number of carbonyl (C=O) groups excluding carboxylic acids is 2. The van der Waals surface area contributed by atoms with E-state index in [-0.39, 0.29) is 18.8 Å². The standard InChI is InChI=1S/C16H22ClNO4/c1-4-22-15(19)10-14(18-7-8-21-3)16(20)12-5-6-13(17)11(2)9-12/h5-6,9,14,18H,4,7-8,10H2,1-3H3. The van der Waals surface area contributed by atoms with Crippen molar-refractivity contribution in [2.24, 2.45) is 0 Å². The molecule has 0 aliphatic carbocycles. The van der Waals surface area contributed by atoms with Crippen LogP contribution in [0.3, 0.4) is 0 Å². The number of Topliss-reactive ketones (excluding diaryl/α,β-unsaturated/α-hetero) is 1. The van der Waals surface area contributed by atoms with Gasteiger partial charge >= 0.3 is 5.97 Å². The molecule has 0 aromatic heterocycles. The van der Waals surface area contributed by atoms with Crippen molar-refractivity contribution in [3.63, 3.8) is 0 Å². The van der Waals surface area contributed by atoms with Crippen LogP contribution < -0.4 is 5.32 Å². The van der Waals surface area contributed by atoms with Crippen molar-refractivity contribution >= 4 is 23.4 Å². The molecule has 0 aliphatic rings. The number of hydrogen-bond acceptors (Lipinski definition) is 5. The molecule has 0 aliphatic heterocycles. The predicted molar refractivity (Wildman–Crippen MR) is 85.4 cm³/mol. The van der Waals surface area contributed by atoms with Gasteiger partial charge in [0.15, 0.2) is 5.78 Å². The molecule has 0 spiro atoms. The lowest BCUT2D eigenvalue weighted by Gasteiger charge is -2.17. The molecule has 122 valence electrons.